The summed E-state index contributed by atoms with van der Waals surface area (Å²) in [5, 5.41) is 8.74. The number of rotatable bonds is 4. The van der Waals surface area contributed by atoms with E-state index in [9.17, 15) is 4.39 Å². The van der Waals surface area contributed by atoms with Gasteiger partial charge in [0.2, 0.25) is 0 Å². The van der Waals surface area contributed by atoms with Gasteiger partial charge in [-0.05, 0) is 23.8 Å². The Morgan fingerprint density at radius 1 is 1.06 bits per heavy atom. The highest BCUT2D eigenvalue weighted by atomic mass is 19.1. The third kappa shape index (κ3) is 3.16. The SMILES string of the molecule is N#Cc1ccc(F)c(COCc2ccccc2)c1. The summed E-state index contributed by atoms with van der Waals surface area (Å²) in [5.74, 6) is -0.345. The van der Waals surface area contributed by atoms with E-state index in [0.29, 0.717) is 17.7 Å². The van der Waals surface area contributed by atoms with Gasteiger partial charge in [0.1, 0.15) is 5.82 Å². The largest absolute Gasteiger partial charge is 0.372 e. The molecule has 0 aliphatic rings. The van der Waals surface area contributed by atoms with Crippen LogP contribution in [0.5, 0.6) is 0 Å². The monoisotopic (exact) mass is 241 g/mol. The molecule has 0 atom stereocenters. The van der Waals surface area contributed by atoms with Crippen molar-refractivity contribution in [1.82, 2.24) is 0 Å². The van der Waals surface area contributed by atoms with Crippen LogP contribution in [0, 0.1) is 17.1 Å². The topological polar surface area (TPSA) is 33.0 Å². The second kappa shape index (κ2) is 5.95. The minimum Gasteiger partial charge on any atom is -0.372 e. The smallest absolute Gasteiger partial charge is 0.128 e. The molecule has 2 rings (SSSR count). The van der Waals surface area contributed by atoms with Gasteiger partial charge in [0.15, 0.2) is 0 Å². The highest BCUT2D eigenvalue weighted by Gasteiger charge is 2.03. The second-order valence-corrected chi connectivity index (χ2v) is 3.90. The molecule has 0 radical (unpaired) electrons. The minimum atomic E-state index is -0.345. The van der Waals surface area contributed by atoms with Crippen LogP contribution in [0.15, 0.2) is 48.5 Å². The molecule has 0 aliphatic heterocycles. The van der Waals surface area contributed by atoms with Crippen LogP contribution in [-0.2, 0) is 18.0 Å². The summed E-state index contributed by atoms with van der Waals surface area (Å²) in [6.07, 6.45) is 0. The first-order valence-electron chi connectivity index (χ1n) is 5.60. The first-order valence-corrected chi connectivity index (χ1v) is 5.60. The molecule has 0 saturated heterocycles. The van der Waals surface area contributed by atoms with Gasteiger partial charge in [-0.15, -0.1) is 0 Å². The van der Waals surface area contributed by atoms with Crippen LogP contribution in [0.1, 0.15) is 16.7 Å². The van der Waals surface area contributed by atoms with Crippen molar-refractivity contribution >= 4 is 0 Å². The Morgan fingerprint density at radius 2 is 1.83 bits per heavy atom. The minimum absolute atomic E-state index is 0.163. The zero-order chi connectivity index (χ0) is 12.8. The van der Waals surface area contributed by atoms with E-state index in [4.69, 9.17) is 10.00 Å². The molecule has 18 heavy (non-hydrogen) atoms. The predicted octanol–water partition coefficient (Wildman–Crippen LogP) is 3.41. The summed E-state index contributed by atoms with van der Waals surface area (Å²) in [6.45, 7) is 0.591. The van der Waals surface area contributed by atoms with Crippen molar-refractivity contribution < 1.29 is 9.13 Å². The van der Waals surface area contributed by atoms with E-state index in [-0.39, 0.29) is 12.4 Å². The summed E-state index contributed by atoms with van der Waals surface area (Å²) in [4.78, 5) is 0. The lowest BCUT2D eigenvalue weighted by molar-refractivity contribution is 0.105. The molecule has 0 aliphatic carbocycles. The normalized spacial score (nSPS) is 10.0. The zero-order valence-electron chi connectivity index (χ0n) is 9.77. The van der Waals surface area contributed by atoms with Crippen LogP contribution in [0.4, 0.5) is 4.39 Å². The van der Waals surface area contributed by atoms with Crippen LogP contribution < -0.4 is 0 Å². The summed E-state index contributed by atoms with van der Waals surface area (Å²) in [5.41, 5.74) is 1.88. The third-order valence-electron chi connectivity index (χ3n) is 2.54. The second-order valence-electron chi connectivity index (χ2n) is 3.90. The van der Waals surface area contributed by atoms with Gasteiger partial charge < -0.3 is 4.74 Å². The molecule has 3 heteroatoms. The lowest BCUT2D eigenvalue weighted by Crippen LogP contribution is -1.97. The lowest BCUT2D eigenvalue weighted by Gasteiger charge is -2.06. The summed E-state index contributed by atoms with van der Waals surface area (Å²) < 4.78 is 18.9. The Kier molecular flexibility index (Phi) is 4.06. The van der Waals surface area contributed by atoms with Crippen molar-refractivity contribution in [2.24, 2.45) is 0 Å². The Balaban J connectivity index is 1.96. The van der Waals surface area contributed by atoms with Gasteiger partial charge >= 0.3 is 0 Å². The molecule has 0 heterocycles. The van der Waals surface area contributed by atoms with Crippen LogP contribution in [0.3, 0.4) is 0 Å². The predicted molar refractivity (Wildman–Crippen MR) is 66.1 cm³/mol. The summed E-state index contributed by atoms with van der Waals surface area (Å²) in [7, 11) is 0. The molecule has 0 N–H and O–H groups in total. The average Bonchev–Trinajstić information content (AvgIpc) is 2.42. The first-order chi connectivity index (χ1) is 8.79. The molecular formula is C15H12FNO. The van der Waals surface area contributed by atoms with Crippen molar-refractivity contribution in [1.29, 1.82) is 5.26 Å². The molecule has 0 saturated carbocycles. The molecule has 0 amide bonds. The lowest BCUT2D eigenvalue weighted by atomic mass is 10.1. The highest BCUT2D eigenvalue weighted by Crippen LogP contribution is 2.12. The number of hydrogen-bond donors (Lipinski definition) is 0. The van der Waals surface area contributed by atoms with Crippen LogP contribution in [-0.4, -0.2) is 0 Å². The van der Waals surface area contributed by atoms with E-state index in [0.717, 1.165) is 5.56 Å². The fourth-order valence-corrected chi connectivity index (χ4v) is 1.61. The van der Waals surface area contributed by atoms with E-state index in [1.54, 1.807) is 0 Å². The van der Waals surface area contributed by atoms with Crippen LogP contribution in [0.2, 0.25) is 0 Å². The van der Waals surface area contributed by atoms with Gasteiger partial charge in [-0.1, -0.05) is 30.3 Å². The Labute approximate surface area is 105 Å². The molecule has 0 aromatic heterocycles. The molecule has 2 nitrogen and oxygen atoms in total. The summed E-state index contributed by atoms with van der Waals surface area (Å²) >= 11 is 0. The molecule has 2 aromatic carbocycles. The summed E-state index contributed by atoms with van der Waals surface area (Å²) in [6, 6.07) is 15.9. The maximum atomic E-state index is 13.4. The number of nitrogens with zero attached hydrogens (tertiary/aromatic N) is 1. The maximum Gasteiger partial charge on any atom is 0.128 e. The van der Waals surface area contributed by atoms with Crippen molar-refractivity contribution in [2.75, 3.05) is 0 Å². The first kappa shape index (κ1) is 12.3. The van der Waals surface area contributed by atoms with Crippen molar-refractivity contribution in [3.63, 3.8) is 0 Å². The van der Waals surface area contributed by atoms with E-state index < -0.39 is 0 Å². The molecule has 90 valence electrons. The fraction of sp³-hybridized carbons (Fsp3) is 0.133. The Bertz CT molecular complexity index is 560. The Hall–Kier alpha value is -2.18. The van der Waals surface area contributed by atoms with Crippen molar-refractivity contribution in [2.45, 2.75) is 13.2 Å². The van der Waals surface area contributed by atoms with E-state index in [1.807, 2.05) is 36.4 Å². The molecule has 0 unspecified atom stereocenters. The zero-order valence-corrected chi connectivity index (χ0v) is 9.77. The van der Waals surface area contributed by atoms with E-state index in [1.165, 1.54) is 18.2 Å². The van der Waals surface area contributed by atoms with Gasteiger partial charge in [0.05, 0.1) is 24.8 Å². The Morgan fingerprint density at radius 3 is 2.56 bits per heavy atom. The molecular weight excluding hydrogens is 229 g/mol. The highest BCUT2D eigenvalue weighted by molar-refractivity contribution is 5.33. The number of benzene rings is 2. The van der Waals surface area contributed by atoms with Gasteiger partial charge in [-0.3, -0.25) is 0 Å². The van der Waals surface area contributed by atoms with Gasteiger partial charge in [-0.2, -0.15) is 5.26 Å². The van der Waals surface area contributed by atoms with Crippen molar-refractivity contribution in [3.05, 3.63) is 71.0 Å². The quantitative estimate of drug-likeness (QED) is 0.821. The number of ether oxygens (including phenoxy) is 1. The molecule has 2 aromatic rings. The number of halogens is 1. The standard InChI is InChI=1S/C15H12FNO/c16-15-7-6-13(9-17)8-14(15)11-18-10-12-4-2-1-3-5-12/h1-8H,10-11H2. The fourth-order valence-electron chi connectivity index (χ4n) is 1.61. The maximum absolute atomic E-state index is 13.4. The van der Waals surface area contributed by atoms with Gasteiger partial charge in [0, 0.05) is 5.56 Å². The van der Waals surface area contributed by atoms with Gasteiger partial charge in [-0.25, -0.2) is 4.39 Å². The van der Waals surface area contributed by atoms with E-state index >= 15 is 0 Å². The van der Waals surface area contributed by atoms with Crippen LogP contribution >= 0.6 is 0 Å². The molecule has 0 fully saturated rings. The number of hydrogen-bond acceptors (Lipinski definition) is 2. The molecule has 0 spiro atoms. The third-order valence-corrected chi connectivity index (χ3v) is 2.54. The van der Waals surface area contributed by atoms with E-state index in [2.05, 4.69) is 0 Å². The average molecular weight is 241 g/mol. The van der Waals surface area contributed by atoms with Crippen LogP contribution in [0.25, 0.3) is 0 Å². The van der Waals surface area contributed by atoms with Gasteiger partial charge in [0.25, 0.3) is 0 Å². The number of nitriles is 1. The molecule has 0 bridgehead atoms. The van der Waals surface area contributed by atoms with Crippen molar-refractivity contribution in [3.8, 4) is 6.07 Å².